The molecule has 0 unspecified atom stereocenters. The number of ether oxygens (including phenoxy) is 1. The fraction of sp³-hybridized carbons (Fsp3) is 0.500. The molecule has 0 aromatic heterocycles. The lowest BCUT2D eigenvalue weighted by Crippen LogP contribution is -2.09. The normalized spacial score (nSPS) is 10.2. The standard InChI is InChI=1S/C14H21NO2/c1-9-8-10(2)13(14(17-5)12(9)4)15-7-6-11(3)16/h8,15H,6-7H2,1-5H3. The van der Waals surface area contributed by atoms with Gasteiger partial charge in [-0.15, -0.1) is 0 Å². The van der Waals surface area contributed by atoms with Gasteiger partial charge in [0, 0.05) is 13.0 Å². The molecule has 0 radical (unpaired) electrons. The van der Waals surface area contributed by atoms with E-state index in [0.29, 0.717) is 13.0 Å². The zero-order valence-electron chi connectivity index (χ0n) is 11.3. The van der Waals surface area contributed by atoms with Gasteiger partial charge in [0.15, 0.2) is 0 Å². The first kappa shape index (κ1) is 13.6. The number of hydrogen-bond acceptors (Lipinski definition) is 3. The number of ketones is 1. The number of benzene rings is 1. The van der Waals surface area contributed by atoms with Crippen molar-refractivity contribution in [2.24, 2.45) is 0 Å². The Kier molecular flexibility index (Phi) is 4.55. The molecule has 0 bridgehead atoms. The van der Waals surface area contributed by atoms with Gasteiger partial charge in [-0.3, -0.25) is 4.79 Å². The summed E-state index contributed by atoms with van der Waals surface area (Å²) >= 11 is 0. The molecule has 0 aliphatic carbocycles. The molecule has 0 heterocycles. The maximum absolute atomic E-state index is 10.9. The average molecular weight is 235 g/mol. The first-order valence-electron chi connectivity index (χ1n) is 5.85. The Morgan fingerprint density at radius 3 is 2.47 bits per heavy atom. The van der Waals surface area contributed by atoms with Crippen LogP contribution in [0.3, 0.4) is 0 Å². The van der Waals surface area contributed by atoms with Crippen molar-refractivity contribution in [3.8, 4) is 5.75 Å². The van der Waals surface area contributed by atoms with Gasteiger partial charge >= 0.3 is 0 Å². The summed E-state index contributed by atoms with van der Waals surface area (Å²) in [4.78, 5) is 10.9. The minimum Gasteiger partial charge on any atom is -0.494 e. The van der Waals surface area contributed by atoms with Crippen molar-refractivity contribution < 1.29 is 9.53 Å². The van der Waals surface area contributed by atoms with E-state index in [1.165, 1.54) is 5.56 Å². The number of rotatable bonds is 5. The highest BCUT2D eigenvalue weighted by molar-refractivity contribution is 5.76. The smallest absolute Gasteiger partial charge is 0.145 e. The van der Waals surface area contributed by atoms with Crippen LogP contribution in [0.15, 0.2) is 6.07 Å². The highest BCUT2D eigenvalue weighted by Gasteiger charge is 2.11. The van der Waals surface area contributed by atoms with E-state index < -0.39 is 0 Å². The van der Waals surface area contributed by atoms with Gasteiger partial charge in [-0.05, 0) is 44.4 Å². The Bertz CT molecular complexity index is 425. The zero-order valence-corrected chi connectivity index (χ0v) is 11.3. The largest absolute Gasteiger partial charge is 0.494 e. The summed E-state index contributed by atoms with van der Waals surface area (Å²) in [6, 6.07) is 2.13. The summed E-state index contributed by atoms with van der Waals surface area (Å²) in [6.07, 6.45) is 0.537. The van der Waals surface area contributed by atoms with Crippen LogP contribution in [-0.4, -0.2) is 19.4 Å². The molecule has 0 fully saturated rings. The van der Waals surface area contributed by atoms with Gasteiger partial charge in [-0.25, -0.2) is 0 Å². The topological polar surface area (TPSA) is 38.3 Å². The van der Waals surface area contributed by atoms with Crippen LogP contribution in [0.4, 0.5) is 5.69 Å². The molecule has 0 amide bonds. The monoisotopic (exact) mass is 235 g/mol. The molecule has 0 atom stereocenters. The van der Waals surface area contributed by atoms with E-state index in [-0.39, 0.29) is 5.78 Å². The summed E-state index contributed by atoms with van der Waals surface area (Å²) in [6.45, 7) is 8.42. The van der Waals surface area contributed by atoms with Gasteiger partial charge in [0.1, 0.15) is 11.5 Å². The van der Waals surface area contributed by atoms with Gasteiger partial charge in [0.25, 0.3) is 0 Å². The first-order chi connectivity index (χ1) is 7.97. The Morgan fingerprint density at radius 1 is 1.29 bits per heavy atom. The van der Waals surface area contributed by atoms with Crippen LogP contribution in [0, 0.1) is 20.8 Å². The van der Waals surface area contributed by atoms with Crippen molar-refractivity contribution in [2.75, 3.05) is 19.0 Å². The second-order valence-corrected chi connectivity index (χ2v) is 4.42. The Hall–Kier alpha value is -1.51. The zero-order chi connectivity index (χ0) is 13.0. The molecule has 1 aromatic rings. The number of aryl methyl sites for hydroxylation is 2. The lowest BCUT2D eigenvalue weighted by Gasteiger charge is -2.17. The van der Waals surface area contributed by atoms with Crippen LogP contribution in [0.5, 0.6) is 5.75 Å². The van der Waals surface area contributed by atoms with Crippen molar-refractivity contribution in [2.45, 2.75) is 34.1 Å². The third-order valence-corrected chi connectivity index (χ3v) is 2.97. The molecule has 94 valence electrons. The van der Waals surface area contributed by atoms with Gasteiger partial charge < -0.3 is 10.1 Å². The van der Waals surface area contributed by atoms with Crippen molar-refractivity contribution in [1.82, 2.24) is 0 Å². The number of Topliss-reactive ketones (excluding diaryl/α,β-unsaturated/α-hetero) is 1. The van der Waals surface area contributed by atoms with E-state index in [9.17, 15) is 4.79 Å². The van der Waals surface area contributed by atoms with Gasteiger partial charge in [-0.2, -0.15) is 0 Å². The predicted molar refractivity (Wildman–Crippen MR) is 71.0 cm³/mol. The Labute approximate surface area is 103 Å². The van der Waals surface area contributed by atoms with E-state index in [0.717, 1.165) is 22.6 Å². The summed E-state index contributed by atoms with van der Waals surface area (Å²) in [5.74, 6) is 1.07. The van der Waals surface area contributed by atoms with Crippen molar-refractivity contribution in [3.63, 3.8) is 0 Å². The molecule has 1 rings (SSSR count). The molecular formula is C14H21NO2. The summed E-state index contributed by atoms with van der Waals surface area (Å²) in [5, 5.41) is 3.29. The second-order valence-electron chi connectivity index (χ2n) is 4.42. The van der Waals surface area contributed by atoms with Crippen molar-refractivity contribution >= 4 is 11.5 Å². The Balaban J connectivity index is 2.97. The molecule has 3 nitrogen and oxygen atoms in total. The molecule has 3 heteroatoms. The number of anilines is 1. The molecule has 0 spiro atoms. The van der Waals surface area contributed by atoms with Crippen LogP contribution in [0.1, 0.15) is 30.0 Å². The molecule has 17 heavy (non-hydrogen) atoms. The molecule has 0 aliphatic heterocycles. The molecule has 0 saturated carbocycles. The molecule has 1 aromatic carbocycles. The van der Waals surface area contributed by atoms with Crippen LogP contribution in [-0.2, 0) is 4.79 Å². The maximum atomic E-state index is 10.9. The quantitative estimate of drug-likeness (QED) is 0.852. The molecule has 0 saturated heterocycles. The lowest BCUT2D eigenvalue weighted by atomic mass is 10.0. The minimum absolute atomic E-state index is 0.193. The average Bonchev–Trinajstić information content (AvgIpc) is 2.25. The number of methoxy groups -OCH3 is 1. The van der Waals surface area contributed by atoms with Crippen LogP contribution >= 0.6 is 0 Å². The van der Waals surface area contributed by atoms with Gasteiger partial charge in [0.2, 0.25) is 0 Å². The number of hydrogen-bond donors (Lipinski definition) is 1. The van der Waals surface area contributed by atoms with Crippen molar-refractivity contribution in [3.05, 3.63) is 22.8 Å². The van der Waals surface area contributed by atoms with E-state index in [1.807, 2.05) is 13.8 Å². The van der Waals surface area contributed by atoms with E-state index in [4.69, 9.17) is 4.74 Å². The molecular weight excluding hydrogens is 214 g/mol. The summed E-state index contributed by atoms with van der Waals surface area (Å²) in [7, 11) is 1.68. The van der Waals surface area contributed by atoms with Gasteiger partial charge in [-0.1, -0.05) is 6.07 Å². The van der Waals surface area contributed by atoms with E-state index in [2.05, 4.69) is 18.3 Å². The highest BCUT2D eigenvalue weighted by atomic mass is 16.5. The fourth-order valence-electron chi connectivity index (χ4n) is 1.89. The second kappa shape index (κ2) is 5.71. The summed E-state index contributed by atoms with van der Waals surface area (Å²) in [5.41, 5.74) is 4.50. The number of nitrogens with one attached hydrogen (secondary N) is 1. The molecule has 1 N–H and O–H groups in total. The minimum atomic E-state index is 0.193. The first-order valence-corrected chi connectivity index (χ1v) is 5.85. The Morgan fingerprint density at radius 2 is 1.94 bits per heavy atom. The van der Waals surface area contributed by atoms with Crippen LogP contribution in [0.25, 0.3) is 0 Å². The van der Waals surface area contributed by atoms with E-state index >= 15 is 0 Å². The predicted octanol–water partition coefficient (Wildman–Crippen LogP) is 3.01. The SMILES string of the molecule is COc1c(C)c(C)cc(C)c1NCCC(C)=O. The number of carbonyl (C=O) groups is 1. The fourth-order valence-corrected chi connectivity index (χ4v) is 1.89. The highest BCUT2D eigenvalue weighted by Crippen LogP contribution is 2.33. The maximum Gasteiger partial charge on any atom is 0.145 e. The molecule has 0 aliphatic rings. The van der Waals surface area contributed by atoms with Crippen LogP contribution in [0.2, 0.25) is 0 Å². The third kappa shape index (κ3) is 3.22. The van der Waals surface area contributed by atoms with Gasteiger partial charge in [0.05, 0.1) is 12.8 Å². The van der Waals surface area contributed by atoms with E-state index in [1.54, 1.807) is 14.0 Å². The third-order valence-electron chi connectivity index (χ3n) is 2.97. The lowest BCUT2D eigenvalue weighted by molar-refractivity contribution is -0.116. The van der Waals surface area contributed by atoms with Crippen LogP contribution < -0.4 is 10.1 Å². The van der Waals surface area contributed by atoms with Crippen molar-refractivity contribution in [1.29, 1.82) is 0 Å². The summed E-state index contributed by atoms with van der Waals surface area (Å²) < 4.78 is 5.45. The number of carbonyl (C=O) groups excluding carboxylic acids is 1.